The van der Waals surface area contributed by atoms with E-state index < -0.39 is 6.16 Å². The first-order chi connectivity index (χ1) is 8.63. The number of aryl methyl sites for hydroxylation is 1. The van der Waals surface area contributed by atoms with Crippen LogP contribution >= 0.6 is 0 Å². The van der Waals surface area contributed by atoms with Crippen molar-refractivity contribution in [1.82, 2.24) is 14.5 Å². The van der Waals surface area contributed by atoms with E-state index in [1.54, 1.807) is 0 Å². The molecule has 0 amide bonds. The van der Waals surface area contributed by atoms with E-state index in [0.717, 1.165) is 36.6 Å². The number of fused-ring (bicyclic) bond motifs is 3. The third kappa shape index (κ3) is 2.17. The molecule has 0 aromatic carbocycles. The molecule has 2 aromatic rings. The highest BCUT2D eigenvalue weighted by Gasteiger charge is 2.22. The Hall–Kier alpha value is -2.38. The third-order valence-corrected chi connectivity index (χ3v) is 2.63. The van der Waals surface area contributed by atoms with Crippen LogP contribution in [0.25, 0.3) is 11.2 Å². The van der Waals surface area contributed by atoms with E-state index in [2.05, 4.69) is 31.3 Å². The summed E-state index contributed by atoms with van der Waals surface area (Å²) in [7, 11) is 0. The maximum atomic E-state index is 8.44. The lowest BCUT2D eigenvalue weighted by atomic mass is 10.5. The van der Waals surface area contributed by atoms with Crippen molar-refractivity contribution >= 4 is 23.1 Å². The minimum atomic E-state index is -2.08. The second-order valence-electron chi connectivity index (χ2n) is 3.68. The molecule has 0 aliphatic carbocycles. The van der Waals surface area contributed by atoms with E-state index in [1.165, 1.54) is 0 Å². The molecule has 2 N–H and O–H groups in total. The van der Waals surface area contributed by atoms with Crippen molar-refractivity contribution in [3.63, 3.8) is 0 Å². The molecular weight excluding hydrogens is 238 g/mol. The Morgan fingerprint density at radius 3 is 3.06 bits per heavy atom. The Labute approximate surface area is 103 Å². The van der Waals surface area contributed by atoms with Crippen LogP contribution in [0, 0.1) is 0 Å². The van der Waals surface area contributed by atoms with Crippen LogP contribution in [0.4, 0.5) is 10.6 Å². The Kier molecular flexibility index (Phi) is 3.26. The number of hydrogen-bond donors (Lipinski definition) is 2. The first kappa shape index (κ1) is 12.1. The lowest BCUT2D eigenvalue weighted by Crippen LogP contribution is -2.31. The van der Waals surface area contributed by atoms with Crippen LogP contribution in [0.1, 0.15) is 6.92 Å². The van der Waals surface area contributed by atoms with Gasteiger partial charge in [0, 0.05) is 6.54 Å². The summed E-state index contributed by atoms with van der Waals surface area (Å²) in [6.07, 6.45) is 1.64. The highest BCUT2D eigenvalue weighted by Crippen LogP contribution is 2.17. The van der Waals surface area contributed by atoms with Gasteiger partial charge in [-0.3, -0.25) is 0 Å². The fourth-order valence-corrected chi connectivity index (χ4v) is 1.88. The minimum Gasteiger partial charge on any atom is -0.565 e. The Bertz CT molecular complexity index is 576. The van der Waals surface area contributed by atoms with E-state index in [4.69, 9.17) is 15.0 Å². The molecule has 3 rings (SSSR count). The molecule has 0 spiro atoms. The van der Waals surface area contributed by atoms with Crippen LogP contribution in [0.15, 0.2) is 12.7 Å². The lowest BCUT2D eigenvalue weighted by Gasteiger charge is -1.96. The summed E-state index contributed by atoms with van der Waals surface area (Å²) in [6, 6.07) is 0. The van der Waals surface area contributed by atoms with Gasteiger partial charge in [-0.05, 0) is 6.92 Å². The first-order valence-corrected chi connectivity index (χ1v) is 5.50. The second kappa shape index (κ2) is 4.86. The number of rotatable bonds is 1. The maximum Gasteiger partial charge on any atom is 0.253 e. The molecule has 0 saturated carbocycles. The van der Waals surface area contributed by atoms with Gasteiger partial charge < -0.3 is 24.9 Å². The molecule has 0 radical (unpaired) electrons. The number of nitrogens with one attached hydrogen (secondary N) is 1. The summed E-state index contributed by atoms with van der Waals surface area (Å²) < 4.78 is 4.16. The van der Waals surface area contributed by atoms with Gasteiger partial charge in [0.2, 0.25) is 18.1 Å². The maximum absolute atomic E-state index is 8.44. The van der Waals surface area contributed by atoms with Crippen LogP contribution in [-0.2, 0) is 13.1 Å². The van der Waals surface area contributed by atoms with Crippen molar-refractivity contribution in [3.8, 4) is 0 Å². The average Bonchev–Trinajstić information content (AvgIpc) is 2.93. The van der Waals surface area contributed by atoms with Gasteiger partial charge in [0.1, 0.15) is 6.54 Å². The molecule has 1 aliphatic rings. The molecule has 0 fully saturated rings. The van der Waals surface area contributed by atoms with Crippen LogP contribution in [-0.4, -0.2) is 32.3 Å². The largest absolute Gasteiger partial charge is 0.565 e. The Morgan fingerprint density at radius 1 is 1.67 bits per heavy atom. The van der Waals surface area contributed by atoms with Crippen LogP contribution in [0.3, 0.4) is 0 Å². The van der Waals surface area contributed by atoms with Crippen LogP contribution in [0.2, 0.25) is 0 Å². The van der Waals surface area contributed by atoms with Gasteiger partial charge in [-0.2, -0.15) is 0 Å². The average molecular weight is 251 g/mol. The molecule has 1 aliphatic heterocycles. The van der Waals surface area contributed by atoms with Crippen molar-refractivity contribution in [1.29, 1.82) is 0 Å². The molecule has 8 heteroatoms. The van der Waals surface area contributed by atoms with Crippen molar-refractivity contribution in [2.75, 3.05) is 11.9 Å². The summed E-state index contributed by atoms with van der Waals surface area (Å²) in [5.41, 5.74) is 1.94. The van der Waals surface area contributed by atoms with E-state index in [0.29, 0.717) is 0 Å². The highest BCUT2D eigenvalue weighted by atomic mass is 16.6. The summed E-state index contributed by atoms with van der Waals surface area (Å²) in [4.78, 5) is 17.2. The minimum absolute atomic E-state index is 0.910. The molecule has 0 unspecified atom stereocenters. The summed E-state index contributed by atoms with van der Waals surface area (Å²) in [5.74, 6) is 1.10. The molecule has 0 bridgehead atoms. The molecule has 0 atom stereocenters. The normalized spacial score (nSPS) is 12.5. The van der Waals surface area contributed by atoms with Gasteiger partial charge >= 0.3 is 0 Å². The Morgan fingerprint density at radius 2 is 2.39 bits per heavy atom. The predicted molar refractivity (Wildman–Crippen MR) is 59.9 cm³/mol. The SMILES string of the molecule is CCn1cnc2c3[n+](cnc21)CCN3.O=C([O-])O. The van der Waals surface area contributed by atoms with E-state index in [-0.39, 0.29) is 0 Å². The van der Waals surface area contributed by atoms with Crippen molar-refractivity contribution in [2.24, 2.45) is 0 Å². The fourth-order valence-electron chi connectivity index (χ4n) is 1.88. The first-order valence-electron chi connectivity index (χ1n) is 5.50. The summed E-state index contributed by atoms with van der Waals surface area (Å²) >= 11 is 0. The second-order valence-corrected chi connectivity index (χ2v) is 3.68. The molecule has 8 nitrogen and oxygen atoms in total. The molecule has 0 saturated heterocycles. The zero-order valence-electron chi connectivity index (χ0n) is 9.83. The monoisotopic (exact) mass is 251 g/mol. The summed E-state index contributed by atoms with van der Waals surface area (Å²) in [6.45, 7) is 4.96. The lowest BCUT2D eigenvalue weighted by molar-refractivity contribution is -0.672. The molecule has 96 valence electrons. The van der Waals surface area contributed by atoms with Gasteiger partial charge in [-0.1, -0.05) is 4.98 Å². The van der Waals surface area contributed by atoms with Gasteiger partial charge in [-0.15, -0.1) is 0 Å². The van der Waals surface area contributed by atoms with E-state index in [1.807, 2.05) is 12.7 Å². The molecule has 2 aromatic heterocycles. The van der Waals surface area contributed by atoms with Gasteiger partial charge in [0.15, 0.2) is 5.52 Å². The quantitative estimate of drug-likeness (QED) is 0.633. The van der Waals surface area contributed by atoms with E-state index in [9.17, 15) is 0 Å². The molecular formula is C10H13N5O3. The summed E-state index contributed by atoms with van der Waals surface area (Å²) in [5, 5.41) is 18.6. The number of imidazole rings is 1. The number of carboxylic acid groups (broad SMARTS) is 2. The van der Waals surface area contributed by atoms with Crippen molar-refractivity contribution in [3.05, 3.63) is 12.7 Å². The zero-order valence-corrected chi connectivity index (χ0v) is 9.83. The van der Waals surface area contributed by atoms with E-state index >= 15 is 0 Å². The fraction of sp³-hybridized carbons (Fsp3) is 0.400. The van der Waals surface area contributed by atoms with Crippen LogP contribution in [0.5, 0.6) is 0 Å². The molecule has 18 heavy (non-hydrogen) atoms. The zero-order chi connectivity index (χ0) is 13.1. The van der Waals surface area contributed by atoms with Crippen molar-refractivity contribution < 1.29 is 19.6 Å². The number of carbonyl (C=O) groups is 1. The molecule has 3 heterocycles. The van der Waals surface area contributed by atoms with Crippen LogP contribution < -0.4 is 15.0 Å². The van der Waals surface area contributed by atoms with Crippen molar-refractivity contribution in [2.45, 2.75) is 20.0 Å². The van der Waals surface area contributed by atoms with Gasteiger partial charge in [0.25, 0.3) is 5.82 Å². The number of nitrogens with zero attached hydrogens (tertiary/aromatic N) is 4. The number of aromatic nitrogens is 4. The number of hydrogen-bond acceptors (Lipinski definition) is 5. The number of anilines is 1. The smallest absolute Gasteiger partial charge is 0.253 e. The predicted octanol–water partition coefficient (Wildman–Crippen LogP) is -0.948. The highest BCUT2D eigenvalue weighted by molar-refractivity contribution is 5.81. The Balaban J connectivity index is 0.000000267. The van der Waals surface area contributed by atoms with Gasteiger partial charge in [0.05, 0.1) is 12.9 Å². The topological polar surface area (TPSA) is 107 Å². The van der Waals surface area contributed by atoms with Gasteiger partial charge in [-0.25, -0.2) is 9.55 Å². The third-order valence-electron chi connectivity index (χ3n) is 2.63. The standard InChI is InChI=1S/C9H11N5.CH2O3/c1-2-13-5-11-7-8-10-3-4-14(8)6-12-9(7)13;2-1(3)4/h5-6H,2-4H2,1H3;(H2,2,3,4).